The molecule has 24 heavy (non-hydrogen) atoms. The summed E-state index contributed by atoms with van der Waals surface area (Å²) in [7, 11) is 0. The van der Waals surface area contributed by atoms with Crippen LogP contribution in [0.3, 0.4) is 0 Å². The Hall–Kier alpha value is -2.33. The minimum Gasteiger partial charge on any atom is -0.494 e. The highest BCUT2D eigenvalue weighted by Crippen LogP contribution is 2.24. The summed E-state index contributed by atoms with van der Waals surface area (Å²) in [6.07, 6.45) is 0.00679. The lowest BCUT2D eigenvalue weighted by molar-refractivity contribution is -0.126. The van der Waals surface area contributed by atoms with Gasteiger partial charge >= 0.3 is 0 Å². The van der Waals surface area contributed by atoms with Crippen LogP contribution in [-0.2, 0) is 16.9 Å². The second-order valence-electron chi connectivity index (χ2n) is 6.14. The summed E-state index contributed by atoms with van der Waals surface area (Å²) in [5.74, 6) is 0.583. The lowest BCUT2D eigenvalue weighted by Gasteiger charge is -2.23. The average molecular weight is 327 g/mol. The highest BCUT2D eigenvalue weighted by molar-refractivity contribution is 5.77. The Morgan fingerprint density at radius 3 is 2.58 bits per heavy atom. The quantitative estimate of drug-likeness (QED) is 0.820. The van der Waals surface area contributed by atoms with Crippen molar-refractivity contribution in [1.82, 2.24) is 5.32 Å². The number of benzene rings is 2. The maximum absolute atomic E-state index is 12.2. The zero-order valence-corrected chi connectivity index (χ0v) is 14.5. The summed E-state index contributed by atoms with van der Waals surface area (Å²) in [4.78, 5) is 12.2. The van der Waals surface area contributed by atoms with Gasteiger partial charge in [-0.05, 0) is 38.0 Å². The Kier molecular flexibility index (Phi) is 5.99. The predicted molar refractivity (Wildman–Crippen MR) is 94.8 cm³/mol. The van der Waals surface area contributed by atoms with Crippen molar-refractivity contribution < 1.29 is 14.6 Å². The van der Waals surface area contributed by atoms with Crippen LogP contribution in [0.2, 0.25) is 0 Å². The van der Waals surface area contributed by atoms with Gasteiger partial charge in [-0.3, -0.25) is 4.79 Å². The van der Waals surface area contributed by atoms with Gasteiger partial charge in [0.15, 0.2) is 0 Å². The van der Waals surface area contributed by atoms with Crippen LogP contribution in [0.15, 0.2) is 48.5 Å². The molecular formula is C20H25NO3. The maximum atomic E-state index is 12.2. The summed E-state index contributed by atoms with van der Waals surface area (Å²) in [5, 5.41) is 13.4. The van der Waals surface area contributed by atoms with Gasteiger partial charge in [-0.25, -0.2) is 0 Å². The number of nitrogens with one attached hydrogen (secondary N) is 1. The maximum Gasteiger partial charge on any atom is 0.223 e. The first-order chi connectivity index (χ1) is 11.4. The molecule has 0 spiro atoms. The molecule has 0 radical (unpaired) electrons. The van der Waals surface area contributed by atoms with Crippen molar-refractivity contribution >= 4 is 5.91 Å². The lowest BCUT2D eigenvalue weighted by Crippen LogP contribution is -2.32. The van der Waals surface area contributed by atoms with Gasteiger partial charge in [0.05, 0.1) is 18.6 Å². The highest BCUT2D eigenvalue weighted by Gasteiger charge is 2.26. The molecular weight excluding hydrogens is 302 g/mol. The lowest BCUT2D eigenvalue weighted by atomic mass is 9.92. The van der Waals surface area contributed by atoms with Crippen LogP contribution < -0.4 is 10.1 Å². The fourth-order valence-electron chi connectivity index (χ4n) is 2.57. The third kappa shape index (κ3) is 4.83. The molecule has 4 heteroatoms. The SMILES string of the molecule is CCOc1cc(C)ccc1CNC(=O)CC(C)(O)c1ccccc1. The van der Waals surface area contributed by atoms with Gasteiger partial charge in [0.25, 0.3) is 0 Å². The van der Waals surface area contributed by atoms with Gasteiger partial charge in [-0.2, -0.15) is 0 Å². The van der Waals surface area contributed by atoms with Crippen LogP contribution in [0.1, 0.15) is 37.0 Å². The molecule has 0 aliphatic heterocycles. The zero-order valence-electron chi connectivity index (χ0n) is 14.5. The normalized spacial score (nSPS) is 13.2. The largest absolute Gasteiger partial charge is 0.494 e. The molecule has 0 saturated heterocycles. The average Bonchev–Trinajstić information content (AvgIpc) is 2.55. The first-order valence-electron chi connectivity index (χ1n) is 8.19. The smallest absolute Gasteiger partial charge is 0.223 e. The number of carbonyl (C=O) groups excluding carboxylic acids is 1. The Morgan fingerprint density at radius 1 is 1.21 bits per heavy atom. The second kappa shape index (κ2) is 7.97. The van der Waals surface area contributed by atoms with E-state index in [1.54, 1.807) is 6.92 Å². The molecule has 1 unspecified atom stereocenters. The molecule has 128 valence electrons. The van der Waals surface area contributed by atoms with Gasteiger partial charge in [-0.15, -0.1) is 0 Å². The van der Waals surface area contributed by atoms with E-state index < -0.39 is 5.60 Å². The molecule has 2 rings (SSSR count). The van der Waals surface area contributed by atoms with Gasteiger partial charge < -0.3 is 15.2 Å². The molecule has 0 aliphatic carbocycles. The van der Waals surface area contributed by atoms with E-state index in [0.29, 0.717) is 13.2 Å². The van der Waals surface area contributed by atoms with Crippen LogP contribution in [-0.4, -0.2) is 17.6 Å². The van der Waals surface area contributed by atoms with Crippen LogP contribution in [0.4, 0.5) is 0 Å². The minimum absolute atomic E-state index is 0.00679. The van der Waals surface area contributed by atoms with Gasteiger partial charge in [0, 0.05) is 12.1 Å². The standard InChI is InChI=1S/C20H25NO3/c1-4-24-18-12-15(2)10-11-16(18)14-21-19(22)13-20(3,23)17-8-6-5-7-9-17/h5-12,23H,4,13-14H2,1-3H3,(H,21,22). The molecule has 1 amide bonds. The summed E-state index contributed by atoms with van der Waals surface area (Å²) in [6, 6.07) is 15.1. The number of rotatable bonds is 7. The number of hydrogen-bond acceptors (Lipinski definition) is 3. The topological polar surface area (TPSA) is 58.6 Å². The molecule has 2 aromatic rings. The van der Waals surface area contributed by atoms with Crippen molar-refractivity contribution in [3.8, 4) is 5.75 Å². The first kappa shape index (κ1) is 18.0. The molecule has 4 nitrogen and oxygen atoms in total. The predicted octanol–water partition coefficient (Wildman–Crippen LogP) is 3.31. The monoisotopic (exact) mass is 327 g/mol. The molecule has 0 fully saturated rings. The van der Waals surface area contributed by atoms with E-state index in [1.807, 2.05) is 62.4 Å². The first-order valence-corrected chi connectivity index (χ1v) is 8.19. The van der Waals surface area contributed by atoms with E-state index >= 15 is 0 Å². The molecule has 0 heterocycles. The molecule has 1 atom stereocenters. The van der Waals surface area contributed by atoms with Gasteiger partial charge in [-0.1, -0.05) is 42.5 Å². The van der Waals surface area contributed by atoms with E-state index in [0.717, 1.165) is 22.4 Å². The number of amides is 1. The van der Waals surface area contributed by atoms with Crippen molar-refractivity contribution in [2.75, 3.05) is 6.61 Å². The van der Waals surface area contributed by atoms with E-state index in [2.05, 4.69) is 5.32 Å². The summed E-state index contributed by atoms with van der Waals surface area (Å²) < 4.78 is 5.62. The van der Waals surface area contributed by atoms with Crippen LogP contribution >= 0.6 is 0 Å². The summed E-state index contributed by atoms with van der Waals surface area (Å²) >= 11 is 0. The number of hydrogen-bond donors (Lipinski definition) is 2. The highest BCUT2D eigenvalue weighted by atomic mass is 16.5. The molecule has 2 N–H and O–H groups in total. The van der Waals surface area contributed by atoms with Crippen molar-refractivity contribution in [3.05, 3.63) is 65.2 Å². The molecule has 2 aromatic carbocycles. The van der Waals surface area contributed by atoms with E-state index in [4.69, 9.17) is 4.74 Å². The summed E-state index contributed by atoms with van der Waals surface area (Å²) in [6.45, 7) is 6.54. The fourth-order valence-corrected chi connectivity index (χ4v) is 2.57. The van der Waals surface area contributed by atoms with Crippen molar-refractivity contribution in [2.24, 2.45) is 0 Å². The Labute approximate surface area is 143 Å². The van der Waals surface area contributed by atoms with Crippen molar-refractivity contribution in [3.63, 3.8) is 0 Å². The Bertz CT molecular complexity index is 681. The van der Waals surface area contributed by atoms with Crippen molar-refractivity contribution in [1.29, 1.82) is 0 Å². The summed E-state index contributed by atoms with van der Waals surface area (Å²) in [5.41, 5.74) is 1.57. The number of aliphatic hydroxyl groups is 1. The Morgan fingerprint density at radius 2 is 1.92 bits per heavy atom. The minimum atomic E-state index is -1.19. The molecule has 0 bridgehead atoms. The van der Waals surface area contributed by atoms with E-state index in [-0.39, 0.29) is 12.3 Å². The third-order valence-corrected chi connectivity index (χ3v) is 3.90. The zero-order chi connectivity index (χ0) is 17.6. The van der Waals surface area contributed by atoms with Crippen LogP contribution in [0.25, 0.3) is 0 Å². The second-order valence-corrected chi connectivity index (χ2v) is 6.14. The van der Waals surface area contributed by atoms with Crippen molar-refractivity contribution in [2.45, 2.75) is 39.3 Å². The van der Waals surface area contributed by atoms with Crippen LogP contribution in [0.5, 0.6) is 5.75 Å². The third-order valence-electron chi connectivity index (χ3n) is 3.90. The van der Waals surface area contributed by atoms with Gasteiger partial charge in [0.1, 0.15) is 5.75 Å². The fraction of sp³-hybridized carbons (Fsp3) is 0.350. The van der Waals surface area contributed by atoms with Crippen LogP contribution in [0, 0.1) is 6.92 Å². The van der Waals surface area contributed by atoms with Gasteiger partial charge in [0.2, 0.25) is 5.91 Å². The molecule has 0 aromatic heterocycles. The molecule has 0 saturated carbocycles. The molecule has 0 aliphatic rings. The number of ether oxygens (including phenoxy) is 1. The van der Waals surface area contributed by atoms with E-state index in [1.165, 1.54) is 0 Å². The Balaban J connectivity index is 1.99. The number of aryl methyl sites for hydroxylation is 1. The number of carbonyl (C=O) groups is 1. The van der Waals surface area contributed by atoms with E-state index in [9.17, 15) is 9.90 Å².